The Kier molecular flexibility index (Phi) is 7.53. The van der Waals surface area contributed by atoms with Crippen LogP contribution < -0.4 is 14.8 Å². The number of carbonyl (C=O) groups excluding carboxylic acids is 1. The van der Waals surface area contributed by atoms with Crippen molar-refractivity contribution >= 4 is 17.5 Å². The second kappa shape index (κ2) is 10.2. The first-order chi connectivity index (χ1) is 15.7. The molecule has 2 aromatic carbocycles. The number of hydrogen-bond acceptors (Lipinski definition) is 4. The Hall–Kier alpha value is -3.20. The maximum Gasteiger partial charge on any atom is 0.434 e. The summed E-state index contributed by atoms with van der Waals surface area (Å²) in [4.78, 5) is 12.8. The summed E-state index contributed by atoms with van der Waals surface area (Å²) < 4.78 is 53.4. The third-order valence-electron chi connectivity index (χ3n) is 4.77. The van der Waals surface area contributed by atoms with Crippen LogP contribution in [0, 0.1) is 0 Å². The molecule has 1 atom stereocenters. The van der Waals surface area contributed by atoms with Crippen LogP contribution >= 0.6 is 11.6 Å². The molecule has 3 aromatic rings. The number of ether oxygens (including phenoxy) is 2. The lowest BCUT2D eigenvalue weighted by Gasteiger charge is -2.18. The summed E-state index contributed by atoms with van der Waals surface area (Å²) in [5.74, 6) is 0.136. The molecule has 6 nitrogen and oxygen atoms in total. The van der Waals surface area contributed by atoms with Gasteiger partial charge >= 0.3 is 6.18 Å². The van der Waals surface area contributed by atoms with Crippen LogP contribution in [0.1, 0.15) is 48.4 Å². The molecule has 0 aliphatic heterocycles. The van der Waals surface area contributed by atoms with Gasteiger partial charge in [-0.3, -0.25) is 4.79 Å². The number of benzene rings is 2. The smallest absolute Gasteiger partial charge is 0.434 e. The van der Waals surface area contributed by atoms with Crippen LogP contribution in [-0.2, 0) is 6.18 Å². The van der Waals surface area contributed by atoms with Crippen LogP contribution in [0.15, 0.2) is 48.7 Å². The van der Waals surface area contributed by atoms with E-state index in [1.54, 1.807) is 25.1 Å². The van der Waals surface area contributed by atoms with E-state index in [-0.39, 0.29) is 5.69 Å². The van der Waals surface area contributed by atoms with Crippen LogP contribution in [0.3, 0.4) is 0 Å². The van der Waals surface area contributed by atoms with Crippen molar-refractivity contribution in [3.05, 3.63) is 70.5 Å². The highest BCUT2D eigenvalue weighted by Gasteiger charge is 2.40. The van der Waals surface area contributed by atoms with Crippen LogP contribution in [0.25, 0.3) is 5.69 Å². The lowest BCUT2D eigenvalue weighted by atomic mass is 10.1. The van der Waals surface area contributed by atoms with E-state index in [0.717, 1.165) is 6.20 Å². The van der Waals surface area contributed by atoms with Crippen LogP contribution in [-0.4, -0.2) is 28.9 Å². The summed E-state index contributed by atoms with van der Waals surface area (Å²) in [6, 6.07) is 10.2. The Morgan fingerprint density at radius 2 is 1.73 bits per heavy atom. The lowest BCUT2D eigenvalue weighted by Crippen LogP contribution is -2.29. The molecule has 0 aliphatic carbocycles. The molecule has 0 fully saturated rings. The molecule has 0 saturated carbocycles. The van der Waals surface area contributed by atoms with Gasteiger partial charge in [0.25, 0.3) is 5.91 Å². The summed E-state index contributed by atoms with van der Waals surface area (Å²) >= 11 is 5.83. The number of halogens is 4. The SMILES string of the molecule is CCOc1ccc(C(C)NC(=O)c2cnn(-c3ccc(Cl)cc3)c2C(F)(F)F)cc1OCC. The molecule has 0 spiro atoms. The maximum atomic E-state index is 13.9. The molecule has 1 unspecified atom stereocenters. The first-order valence-electron chi connectivity index (χ1n) is 10.3. The molecule has 3 rings (SSSR count). The highest BCUT2D eigenvalue weighted by Crippen LogP contribution is 2.35. The Morgan fingerprint density at radius 3 is 2.33 bits per heavy atom. The Balaban J connectivity index is 1.90. The molecule has 1 amide bonds. The molecule has 0 bridgehead atoms. The first kappa shape index (κ1) is 24.4. The second-order valence-electron chi connectivity index (χ2n) is 7.06. The molecule has 10 heteroatoms. The van der Waals surface area contributed by atoms with E-state index < -0.39 is 29.4 Å². The van der Waals surface area contributed by atoms with Crippen LogP contribution in [0.5, 0.6) is 11.5 Å². The topological polar surface area (TPSA) is 65.4 Å². The minimum Gasteiger partial charge on any atom is -0.490 e. The van der Waals surface area contributed by atoms with Gasteiger partial charge < -0.3 is 14.8 Å². The number of nitrogens with zero attached hydrogens (tertiary/aromatic N) is 2. The van der Waals surface area contributed by atoms with Gasteiger partial charge in [0, 0.05) is 5.02 Å². The predicted molar refractivity (Wildman–Crippen MR) is 118 cm³/mol. The maximum absolute atomic E-state index is 13.9. The minimum absolute atomic E-state index is 0.131. The van der Waals surface area contributed by atoms with Gasteiger partial charge in [0.15, 0.2) is 17.2 Å². The zero-order valence-corrected chi connectivity index (χ0v) is 19.0. The molecule has 0 saturated heterocycles. The van der Waals surface area contributed by atoms with Gasteiger partial charge in [-0.25, -0.2) is 4.68 Å². The number of nitrogens with one attached hydrogen (secondary N) is 1. The van der Waals surface area contributed by atoms with Crippen molar-refractivity contribution in [1.29, 1.82) is 0 Å². The van der Waals surface area contributed by atoms with Gasteiger partial charge in [-0.05, 0) is 62.7 Å². The summed E-state index contributed by atoms with van der Waals surface area (Å²) in [5.41, 5.74) is -0.975. The Labute approximate surface area is 194 Å². The minimum atomic E-state index is -4.81. The largest absolute Gasteiger partial charge is 0.490 e. The van der Waals surface area contributed by atoms with Crippen molar-refractivity contribution in [2.24, 2.45) is 0 Å². The van der Waals surface area contributed by atoms with E-state index in [0.29, 0.717) is 40.0 Å². The number of alkyl halides is 3. The van der Waals surface area contributed by atoms with Crippen LogP contribution in [0.4, 0.5) is 13.2 Å². The fraction of sp³-hybridized carbons (Fsp3) is 0.304. The Bertz CT molecular complexity index is 1110. The Morgan fingerprint density at radius 1 is 1.09 bits per heavy atom. The number of carbonyl (C=O) groups is 1. The number of rotatable bonds is 8. The first-order valence-corrected chi connectivity index (χ1v) is 10.6. The predicted octanol–water partition coefficient (Wildman–Crippen LogP) is 5.83. The van der Waals surface area contributed by atoms with E-state index >= 15 is 0 Å². The van der Waals surface area contributed by atoms with E-state index in [2.05, 4.69) is 10.4 Å². The fourth-order valence-electron chi connectivity index (χ4n) is 3.26. The molecule has 0 radical (unpaired) electrons. The monoisotopic (exact) mass is 481 g/mol. The average molecular weight is 482 g/mol. The highest BCUT2D eigenvalue weighted by atomic mass is 35.5. The summed E-state index contributed by atoms with van der Waals surface area (Å²) in [6.45, 7) is 6.19. The molecule has 33 heavy (non-hydrogen) atoms. The van der Waals surface area contributed by atoms with Gasteiger partial charge in [0.1, 0.15) is 0 Å². The van der Waals surface area contributed by atoms with E-state index in [9.17, 15) is 18.0 Å². The molecular weight excluding hydrogens is 459 g/mol. The van der Waals surface area contributed by atoms with Gasteiger partial charge in [-0.2, -0.15) is 18.3 Å². The quantitative estimate of drug-likeness (QED) is 0.439. The molecule has 1 heterocycles. The zero-order valence-electron chi connectivity index (χ0n) is 18.2. The van der Waals surface area contributed by atoms with Gasteiger partial charge in [-0.15, -0.1) is 0 Å². The number of amides is 1. The van der Waals surface area contributed by atoms with Crippen molar-refractivity contribution in [3.63, 3.8) is 0 Å². The standard InChI is InChI=1S/C23H23ClF3N3O3/c1-4-32-19-11-6-15(12-20(19)33-5-2)14(3)29-22(31)18-13-28-30(21(18)23(25,26)27)17-9-7-16(24)8-10-17/h6-14H,4-5H2,1-3H3,(H,29,31). The number of aromatic nitrogens is 2. The molecule has 176 valence electrons. The van der Waals surface area contributed by atoms with Gasteiger partial charge in [-0.1, -0.05) is 17.7 Å². The van der Waals surface area contributed by atoms with Gasteiger partial charge in [0.2, 0.25) is 0 Å². The molecule has 0 aliphatic rings. The van der Waals surface area contributed by atoms with Crippen molar-refractivity contribution in [2.45, 2.75) is 33.0 Å². The fourth-order valence-corrected chi connectivity index (χ4v) is 3.39. The lowest BCUT2D eigenvalue weighted by molar-refractivity contribution is -0.143. The van der Waals surface area contributed by atoms with Crippen molar-refractivity contribution in [1.82, 2.24) is 15.1 Å². The van der Waals surface area contributed by atoms with Crippen molar-refractivity contribution in [2.75, 3.05) is 13.2 Å². The van der Waals surface area contributed by atoms with E-state index in [4.69, 9.17) is 21.1 Å². The highest BCUT2D eigenvalue weighted by molar-refractivity contribution is 6.30. The second-order valence-corrected chi connectivity index (χ2v) is 7.50. The third kappa shape index (κ3) is 5.60. The normalized spacial score (nSPS) is 12.3. The summed E-state index contributed by atoms with van der Waals surface area (Å²) in [7, 11) is 0. The van der Waals surface area contributed by atoms with Crippen molar-refractivity contribution < 1.29 is 27.4 Å². The van der Waals surface area contributed by atoms with Gasteiger partial charge in [0.05, 0.1) is 36.7 Å². The van der Waals surface area contributed by atoms with E-state index in [1.165, 1.54) is 24.3 Å². The molecule has 1 aromatic heterocycles. The van der Waals surface area contributed by atoms with Crippen molar-refractivity contribution in [3.8, 4) is 17.2 Å². The zero-order chi connectivity index (χ0) is 24.2. The van der Waals surface area contributed by atoms with E-state index in [1.807, 2.05) is 13.8 Å². The van der Waals surface area contributed by atoms with Crippen LogP contribution in [0.2, 0.25) is 5.02 Å². The summed E-state index contributed by atoms with van der Waals surface area (Å²) in [5, 5.41) is 6.79. The summed E-state index contributed by atoms with van der Waals surface area (Å²) in [6.07, 6.45) is -3.91. The number of hydrogen-bond donors (Lipinski definition) is 1. The molecular formula is C23H23ClF3N3O3. The average Bonchev–Trinajstić information content (AvgIpc) is 3.22. The molecule has 1 N–H and O–H groups in total. The third-order valence-corrected chi connectivity index (χ3v) is 5.02.